The van der Waals surface area contributed by atoms with E-state index < -0.39 is 5.97 Å². The molecule has 0 aliphatic heterocycles. The van der Waals surface area contributed by atoms with E-state index in [9.17, 15) is 4.79 Å². The van der Waals surface area contributed by atoms with Crippen LogP contribution in [0.3, 0.4) is 0 Å². The molecular formula is C11H15NO4. The number of carbonyl (C=O) groups is 1. The number of hydrogen-bond donors (Lipinski definition) is 2. The number of ether oxygens (including phenoxy) is 2. The van der Waals surface area contributed by atoms with Crippen LogP contribution in [-0.4, -0.2) is 30.9 Å². The van der Waals surface area contributed by atoms with Gasteiger partial charge in [0.2, 0.25) is 0 Å². The van der Waals surface area contributed by atoms with Crippen molar-refractivity contribution in [1.29, 1.82) is 0 Å². The molecule has 1 rings (SSSR count). The van der Waals surface area contributed by atoms with E-state index >= 15 is 0 Å². The Balaban J connectivity index is 2.95. The third-order valence-electron chi connectivity index (χ3n) is 2.00. The van der Waals surface area contributed by atoms with E-state index in [0.29, 0.717) is 6.61 Å². The van der Waals surface area contributed by atoms with Crippen LogP contribution >= 0.6 is 0 Å². The van der Waals surface area contributed by atoms with E-state index in [-0.39, 0.29) is 23.1 Å². The molecule has 1 atom stereocenters. The summed E-state index contributed by atoms with van der Waals surface area (Å²) in [6, 6.07) is 4.75. The Labute approximate surface area is 93.8 Å². The van der Waals surface area contributed by atoms with Crippen LogP contribution in [0.4, 0.5) is 5.69 Å². The molecule has 0 bridgehead atoms. The monoisotopic (exact) mass is 225 g/mol. The van der Waals surface area contributed by atoms with Gasteiger partial charge in [0.25, 0.3) is 0 Å². The standard InChI is InChI=1S/C11H15NO4/c1-7(6-15-2)16-9-5-3-4-8(12)10(9)11(13)14/h3-5,7H,6,12H2,1-2H3,(H,13,14). The highest BCUT2D eigenvalue weighted by Gasteiger charge is 2.16. The second-order valence-corrected chi connectivity index (χ2v) is 3.41. The van der Waals surface area contributed by atoms with Crippen LogP contribution in [0.2, 0.25) is 0 Å². The van der Waals surface area contributed by atoms with Gasteiger partial charge in [-0.2, -0.15) is 0 Å². The van der Waals surface area contributed by atoms with E-state index in [1.54, 1.807) is 26.2 Å². The minimum absolute atomic E-state index is 0.00884. The molecule has 0 spiro atoms. The number of methoxy groups -OCH3 is 1. The van der Waals surface area contributed by atoms with Gasteiger partial charge in [-0.1, -0.05) is 6.07 Å². The van der Waals surface area contributed by atoms with Crippen molar-refractivity contribution in [3.8, 4) is 5.75 Å². The molecular weight excluding hydrogens is 210 g/mol. The smallest absolute Gasteiger partial charge is 0.341 e. The highest BCUT2D eigenvalue weighted by atomic mass is 16.5. The topological polar surface area (TPSA) is 81.8 Å². The van der Waals surface area contributed by atoms with Gasteiger partial charge >= 0.3 is 5.97 Å². The second kappa shape index (κ2) is 5.37. The largest absolute Gasteiger partial charge is 0.487 e. The molecule has 88 valence electrons. The van der Waals surface area contributed by atoms with Gasteiger partial charge in [-0.3, -0.25) is 0 Å². The highest BCUT2D eigenvalue weighted by Crippen LogP contribution is 2.25. The summed E-state index contributed by atoms with van der Waals surface area (Å²) in [5.74, 6) is -0.838. The average Bonchev–Trinajstić information content (AvgIpc) is 2.17. The van der Waals surface area contributed by atoms with Crippen molar-refractivity contribution in [3.63, 3.8) is 0 Å². The first-order valence-electron chi connectivity index (χ1n) is 4.83. The Morgan fingerprint density at radius 1 is 1.56 bits per heavy atom. The van der Waals surface area contributed by atoms with Gasteiger partial charge in [0.1, 0.15) is 17.4 Å². The summed E-state index contributed by atoms with van der Waals surface area (Å²) in [5, 5.41) is 9.00. The van der Waals surface area contributed by atoms with Crippen LogP contribution in [0.15, 0.2) is 18.2 Å². The Bertz CT molecular complexity index is 378. The number of carboxylic acids is 1. The molecule has 3 N–H and O–H groups in total. The van der Waals surface area contributed by atoms with E-state index in [4.69, 9.17) is 20.3 Å². The van der Waals surface area contributed by atoms with Crippen LogP contribution in [0.25, 0.3) is 0 Å². The average molecular weight is 225 g/mol. The lowest BCUT2D eigenvalue weighted by Crippen LogP contribution is -2.19. The zero-order valence-corrected chi connectivity index (χ0v) is 9.27. The lowest BCUT2D eigenvalue weighted by molar-refractivity contribution is 0.0675. The summed E-state index contributed by atoms with van der Waals surface area (Å²) in [5.41, 5.74) is 5.76. The van der Waals surface area contributed by atoms with Crippen molar-refractivity contribution in [2.24, 2.45) is 0 Å². The minimum Gasteiger partial charge on any atom is -0.487 e. The van der Waals surface area contributed by atoms with E-state index in [2.05, 4.69) is 0 Å². The Kier molecular flexibility index (Phi) is 4.13. The first kappa shape index (κ1) is 12.3. The fraction of sp³-hybridized carbons (Fsp3) is 0.364. The van der Waals surface area contributed by atoms with Crippen molar-refractivity contribution in [2.45, 2.75) is 13.0 Å². The number of nitrogen functional groups attached to an aromatic ring is 1. The van der Waals surface area contributed by atoms with Gasteiger partial charge < -0.3 is 20.3 Å². The first-order valence-corrected chi connectivity index (χ1v) is 4.83. The lowest BCUT2D eigenvalue weighted by atomic mass is 10.1. The number of rotatable bonds is 5. The van der Waals surface area contributed by atoms with Crippen LogP contribution in [-0.2, 0) is 4.74 Å². The number of carboxylic acid groups (broad SMARTS) is 1. The van der Waals surface area contributed by atoms with Gasteiger partial charge in [0.15, 0.2) is 0 Å². The zero-order valence-electron chi connectivity index (χ0n) is 9.27. The molecule has 0 fully saturated rings. The molecule has 16 heavy (non-hydrogen) atoms. The van der Waals surface area contributed by atoms with Crippen LogP contribution in [0, 0.1) is 0 Å². The SMILES string of the molecule is COCC(C)Oc1cccc(N)c1C(=O)O. The number of nitrogens with two attached hydrogens (primary N) is 1. The maximum Gasteiger partial charge on any atom is 0.341 e. The Morgan fingerprint density at radius 3 is 2.81 bits per heavy atom. The third kappa shape index (κ3) is 2.87. The summed E-state index contributed by atoms with van der Waals surface area (Å²) >= 11 is 0. The summed E-state index contributed by atoms with van der Waals surface area (Å²) in [6.07, 6.45) is -0.232. The van der Waals surface area contributed by atoms with Crippen molar-refractivity contribution in [3.05, 3.63) is 23.8 Å². The summed E-state index contributed by atoms with van der Waals surface area (Å²) in [7, 11) is 1.55. The lowest BCUT2D eigenvalue weighted by Gasteiger charge is -2.16. The van der Waals surface area contributed by atoms with Crippen molar-refractivity contribution in [1.82, 2.24) is 0 Å². The Morgan fingerprint density at radius 2 is 2.25 bits per heavy atom. The predicted octanol–water partition coefficient (Wildman–Crippen LogP) is 1.38. The molecule has 0 aromatic heterocycles. The Hall–Kier alpha value is -1.75. The van der Waals surface area contributed by atoms with Crippen LogP contribution in [0.1, 0.15) is 17.3 Å². The summed E-state index contributed by atoms with van der Waals surface area (Å²) in [6.45, 7) is 2.17. The fourth-order valence-electron chi connectivity index (χ4n) is 1.36. The van der Waals surface area contributed by atoms with Crippen LogP contribution in [0.5, 0.6) is 5.75 Å². The molecule has 0 aliphatic rings. The van der Waals surface area contributed by atoms with Gasteiger partial charge in [0, 0.05) is 12.8 Å². The molecule has 0 aliphatic carbocycles. The van der Waals surface area contributed by atoms with Crippen molar-refractivity contribution in [2.75, 3.05) is 19.5 Å². The molecule has 1 unspecified atom stereocenters. The minimum atomic E-state index is -1.10. The van der Waals surface area contributed by atoms with Gasteiger partial charge in [-0.15, -0.1) is 0 Å². The number of benzene rings is 1. The molecule has 0 saturated carbocycles. The summed E-state index contributed by atoms with van der Waals surface area (Å²) in [4.78, 5) is 11.0. The van der Waals surface area contributed by atoms with Crippen molar-refractivity contribution < 1.29 is 19.4 Å². The second-order valence-electron chi connectivity index (χ2n) is 3.41. The molecule has 0 amide bonds. The number of aromatic carboxylic acids is 1. The first-order chi connectivity index (χ1) is 7.56. The van der Waals surface area contributed by atoms with Crippen molar-refractivity contribution >= 4 is 11.7 Å². The number of anilines is 1. The molecule has 5 heteroatoms. The maximum absolute atomic E-state index is 11.0. The molecule has 1 aromatic rings. The van der Waals surface area contributed by atoms with Gasteiger partial charge in [-0.25, -0.2) is 4.79 Å². The normalized spacial score (nSPS) is 12.1. The molecule has 0 saturated heterocycles. The zero-order chi connectivity index (χ0) is 12.1. The molecule has 0 radical (unpaired) electrons. The van der Waals surface area contributed by atoms with Gasteiger partial charge in [0.05, 0.1) is 6.61 Å². The van der Waals surface area contributed by atoms with E-state index in [1.165, 1.54) is 6.07 Å². The summed E-state index contributed by atoms with van der Waals surface area (Å²) < 4.78 is 10.3. The third-order valence-corrected chi connectivity index (χ3v) is 2.00. The number of hydrogen-bond acceptors (Lipinski definition) is 4. The molecule has 5 nitrogen and oxygen atoms in total. The molecule has 1 aromatic carbocycles. The van der Waals surface area contributed by atoms with E-state index in [1.807, 2.05) is 0 Å². The molecule has 0 heterocycles. The fourth-order valence-corrected chi connectivity index (χ4v) is 1.36. The maximum atomic E-state index is 11.0. The quantitative estimate of drug-likeness (QED) is 0.740. The van der Waals surface area contributed by atoms with Gasteiger partial charge in [-0.05, 0) is 19.1 Å². The van der Waals surface area contributed by atoms with Crippen LogP contribution < -0.4 is 10.5 Å². The predicted molar refractivity (Wildman–Crippen MR) is 59.8 cm³/mol. The highest BCUT2D eigenvalue weighted by molar-refractivity contribution is 5.96. The van der Waals surface area contributed by atoms with E-state index in [0.717, 1.165) is 0 Å².